The first kappa shape index (κ1) is 24.1. The molecule has 1 aliphatic rings. The number of unbranched alkanes of at least 4 members (excludes halogenated alkanes) is 3. The molecular formula is C22H37FNOY+. The SMILES string of the molecule is CCCC[N+]1(CCCCCOc2c(C)cccc2F)CCCCCC1.[Y]. The van der Waals surface area contributed by atoms with E-state index in [1.807, 2.05) is 13.0 Å². The maximum atomic E-state index is 13.7. The van der Waals surface area contributed by atoms with Gasteiger partial charge in [0.2, 0.25) is 0 Å². The van der Waals surface area contributed by atoms with Gasteiger partial charge < -0.3 is 9.22 Å². The van der Waals surface area contributed by atoms with Gasteiger partial charge in [-0.3, -0.25) is 0 Å². The van der Waals surface area contributed by atoms with Crippen molar-refractivity contribution in [3.8, 4) is 5.75 Å². The Morgan fingerprint density at radius 1 is 0.962 bits per heavy atom. The van der Waals surface area contributed by atoms with Crippen LogP contribution in [-0.2, 0) is 32.7 Å². The number of hydrogen-bond donors (Lipinski definition) is 0. The molecule has 0 spiro atoms. The molecule has 0 amide bonds. The topological polar surface area (TPSA) is 9.23 Å². The third-order valence-corrected chi connectivity index (χ3v) is 5.69. The molecule has 0 bridgehead atoms. The molecule has 0 aliphatic carbocycles. The van der Waals surface area contributed by atoms with E-state index >= 15 is 0 Å². The van der Waals surface area contributed by atoms with Crippen LogP contribution in [0.15, 0.2) is 18.2 Å². The van der Waals surface area contributed by atoms with Crippen molar-refractivity contribution in [3.05, 3.63) is 29.6 Å². The van der Waals surface area contributed by atoms with Gasteiger partial charge in [0.1, 0.15) is 0 Å². The van der Waals surface area contributed by atoms with Gasteiger partial charge in [-0.2, -0.15) is 0 Å². The van der Waals surface area contributed by atoms with Crippen LogP contribution in [0.5, 0.6) is 5.75 Å². The Labute approximate surface area is 185 Å². The number of nitrogens with zero attached hydrogens (tertiary/aromatic N) is 1. The molecule has 1 aromatic carbocycles. The summed E-state index contributed by atoms with van der Waals surface area (Å²) in [5.74, 6) is 0.190. The summed E-state index contributed by atoms with van der Waals surface area (Å²) in [6.07, 6.45) is 11.8. The molecule has 145 valence electrons. The summed E-state index contributed by atoms with van der Waals surface area (Å²) in [7, 11) is 0. The van der Waals surface area contributed by atoms with Gasteiger partial charge in [0.15, 0.2) is 11.6 Å². The van der Waals surface area contributed by atoms with Gasteiger partial charge in [0, 0.05) is 32.7 Å². The first-order valence-corrected chi connectivity index (χ1v) is 10.4. The Bertz CT molecular complexity index is 481. The van der Waals surface area contributed by atoms with Crippen molar-refractivity contribution in [2.45, 2.75) is 71.6 Å². The second-order valence-corrected chi connectivity index (χ2v) is 7.80. The number of benzene rings is 1. The monoisotopic (exact) mass is 439 g/mol. The van der Waals surface area contributed by atoms with Crippen molar-refractivity contribution in [1.82, 2.24) is 0 Å². The molecule has 2 nitrogen and oxygen atoms in total. The Hall–Kier alpha value is 0.0139. The minimum atomic E-state index is -0.242. The first-order valence-electron chi connectivity index (χ1n) is 10.4. The van der Waals surface area contributed by atoms with Crippen molar-refractivity contribution >= 4 is 0 Å². The Kier molecular flexibility index (Phi) is 12.2. The molecule has 0 N–H and O–H groups in total. The molecule has 4 heteroatoms. The number of halogens is 1. The fraction of sp³-hybridized carbons (Fsp3) is 0.727. The largest absolute Gasteiger partial charge is 0.490 e. The van der Waals surface area contributed by atoms with Crippen LogP contribution in [0.4, 0.5) is 4.39 Å². The summed E-state index contributed by atoms with van der Waals surface area (Å²) in [4.78, 5) is 0. The van der Waals surface area contributed by atoms with Crippen LogP contribution in [-0.4, -0.2) is 37.3 Å². The second-order valence-electron chi connectivity index (χ2n) is 7.80. The van der Waals surface area contributed by atoms with Gasteiger partial charge in [-0.25, -0.2) is 4.39 Å². The Morgan fingerprint density at radius 2 is 1.65 bits per heavy atom. The molecule has 1 radical (unpaired) electrons. The fourth-order valence-electron chi connectivity index (χ4n) is 4.11. The van der Waals surface area contributed by atoms with Gasteiger partial charge in [-0.15, -0.1) is 0 Å². The zero-order valence-electron chi connectivity index (χ0n) is 16.9. The van der Waals surface area contributed by atoms with Crippen molar-refractivity contribution in [2.75, 3.05) is 32.8 Å². The number of ether oxygens (including phenoxy) is 1. The summed E-state index contributed by atoms with van der Waals surface area (Å²) in [5.41, 5.74) is 0.883. The zero-order valence-corrected chi connectivity index (χ0v) is 19.8. The Balaban J connectivity index is 0.00000338. The van der Waals surface area contributed by atoms with E-state index in [0.717, 1.165) is 12.0 Å². The molecular weight excluding hydrogens is 402 g/mol. The van der Waals surface area contributed by atoms with E-state index in [0.29, 0.717) is 12.4 Å². The summed E-state index contributed by atoms with van der Waals surface area (Å²) in [6, 6.07) is 5.11. The molecule has 0 aromatic heterocycles. The van der Waals surface area contributed by atoms with Crippen LogP contribution in [0.25, 0.3) is 0 Å². The summed E-state index contributed by atoms with van der Waals surface area (Å²) < 4.78 is 20.8. The minimum absolute atomic E-state index is 0. The van der Waals surface area contributed by atoms with E-state index in [2.05, 4.69) is 6.92 Å². The molecule has 1 aliphatic heterocycles. The van der Waals surface area contributed by atoms with E-state index < -0.39 is 0 Å². The first-order chi connectivity index (χ1) is 12.2. The molecule has 1 heterocycles. The van der Waals surface area contributed by atoms with Crippen molar-refractivity contribution < 1.29 is 46.3 Å². The van der Waals surface area contributed by atoms with Crippen LogP contribution in [0.2, 0.25) is 0 Å². The van der Waals surface area contributed by atoms with E-state index in [-0.39, 0.29) is 38.5 Å². The van der Waals surface area contributed by atoms with Crippen molar-refractivity contribution in [1.29, 1.82) is 0 Å². The normalized spacial score (nSPS) is 16.6. The van der Waals surface area contributed by atoms with Crippen molar-refractivity contribution in [2.24, 2.45) is 0 Å². The molecule has 1 fully saturated rings. The zero-order chi connectivity index (χ0) is 18.0. The van der Waals surface area contributed by atoms with Crippen LogP contribution < -0.4 is 4.74 Å². The van der Waals surface area contributed by atoms with E-state index in [1.54, 1.807) is 6.07 Å². The van der Waals surface area contributed by atoms with Crippen LogP contribution >= 0.6 is 0 Å². The maximum Gasteiger partial charge on any atom is 0.165 e. The van der Waals surface area contributed by atoms with Crippen LogP contribution in [0.3, 0.4) is 0 Å². The average Bonchev–Trinajstić information content (AvgIpc) is 2.84. The third-order valence-electron chi connectivity index (χ3n) is 5.69. The third kappa shape index (κ3) is 7.94. The van der Waals surface area contributed by atoms with Gasteiger partial charge in [-0.05, 0) is 69.9 Å². The fourth-order valence-corrected chi connectivity index (χ4v) is 4.11. The molecule has 26 heavy (non-hydrogen) atoms. The molecule has 1 saturated heterocycles. The molecule has 0 unspecified atom stereocenters. The summed E-state index contributed by atoms with van der Waals surface area (Å²) in [5, 5.41) is 0. The molecule has 0 atom stereocenters. The predicted molar refractivity (Wildman–Crippen MR) is 104 cm³/mol. The van der Waals surface area contributed by atoms with Crippen LogP contribution in [0, 0.1) is 12.7 Å². The van der Waals surface area contributed by atoms with Crippen molar-refractivity contribution in [3.63, 3.8) is 0 Å². The summed E-state index contributed by atoms with van der Waals surface area (Å²) >= 11 is 0. The molecule has 2 rings (SSSR count). The van der Waals surface area contributed by atoms with Gasteiger partial charge in [-0.1, -0.05) is 25.5 Å². The molecule has 1 aromatic rings. The Morgan fingerprint density at radius 3 is 2.31 bits per heavy atom. The van der Waals surface area contributed by atoms with Crippen LogP contribution in [0.1, 0.15) is 70.3 Å². The second kappa shape index (κ2) is 13.2. The number of likely N-dealkylation sites (tertiary alicyclic amines) is 1. The number of rotatable bonds is 10. The number of aryl methyl sites for hydroxylation is 1. The maximum absolute atomic E-state index is 13.7. The quantitative estimate of drug-likeness (QED) is 0.327. The van der Waals surface area contributed by atoms with Gasteiger partial charge in [0.05, 0.1) is 32.8 Å². The molecule has 0 saturated carbocycles. The number of hydrogen-bond acceptors (Lipinski definition) is 1. The summed E-state index contributed by atoms with van der Waals surface area (Å²) in [6.45, 7) is 10.3. The predicted octanol–water partition coefficient (Wildman–Crippen LogP) is 5.87. The number of quaternary nitrogens is 1. The smallest absolute Gasteiger partial charge is 0.165 e. The van der Waals surface area contributed by atoms with Gasteiger partial charge >= 0.3 is 0 Å². The van der Waals surface area contributed by atoms with E-state index in [1.165, 1.54) is 88.1 Å². The number of para-hydroxylation sites is 1. The van der Waals surface area contributed by atoms with E-state index in [4.69, 9.17) is 4.74 Å². The van der Waals surface area contributed by atoms with E-state index in [9.17, 15) is 4.39 Å². The minimum Gasteiger partial charge on any atom is -0.490 e. The van der Waals surface area contributed by atoms with Gasteiger partial charge in [0.25, 0.3) is 0 Å². The average molecular weight is 439 g/mol. The standard InChI is InChI=1S/C22H37FNO.Y/c1-3-4-15-24(16-8-5-6-9-17-24)18-10-7-11-19-25-22-20(2)13-12-14-21(22)23;/h12-14H,3-11,15-19H2,1-2H3;/q+1;.